The topological polar surface area (TPSA) is 56.0 Å². The average Bonchev–Trinajstić information content (AvgIpc) is 3.52. The number of nitrogens with zero attached hydrogens (tertiary/aromatic N) is 2. The van der Waals surface area contributed by atoms with E-state index in [2.05, 4.69) is 5.32 Å². The van der Waals surface area contributed by atoms with Gasteiger partial charge in [0, 0.05) is 12.2 Å². The lowest BCUT2D eigenvalue weighted by atomic mass is 10.0. The molecule has 1 unspecified atom stereocenters. The molecule has 1 N–H and O–H groups in total. The zero-order chi connectivity index (χ0) is 22.2. The minimum atomic E-state index is -4.45. The lowest BCUT2D eigenvalue weighted by Crippen LogP contribution is -2.34. The third kappa shape index (κ3) is 4.57. The molecule has 1 fully saturated rings. The van der Waals surface area contributed by atoms with E-state index in [1.54, 1.807) is 17.7 Å². The van der Waals surface area contributed by atoms with Crippen molar-refractivity contribution in [3.05, 3.63) is 82.4 Å². The second kappa shape index (κ2) is 8.09. The predicted octanol–water partition coefficient (Wildman–Crippen LogP) is 4.55. The first-order valence-electron chi connectivity index (χ1n) is 10.1. The Morgan fingerprint density at radius 2 is 1.84 bits per heavy atom. The summed E-state index contributed by atoms with van der Waals surface area (Å²) in [5.41, 5.74) is 0.963. The number of aromatic nitrogens is 2. The average molecular weight is 429 g/mol. The molecule has 1 aliphatic carbocycles. The zero-order valence-corrected chi connectivity index (χ0v) is 16.9. The highest BCUT2D eigenvalue weighted by atomic mass is 19.4. The maximum atomic E-state index is 12.9. The molecule has 0 spiro atoms. The van der Waals surface area contributed by atoms with Gasteiger partial charge in [-0.05, 0) is 43.0 Å². The van der Waals surface area contributed by atoms with Crippen molar-refractivity contribution in [1.82, 2.24) is 14.5 Å². The monoisotopic (exact) mass is 429 g/mol. The molecule has 0 aliphatic heterocycles. The molecule has 5 nitrogen and oxygen atoms in total. The largest absolute Gasteiger partial charge is 0.416 e. The molecule has 162 valence electrons. The number of benzene rings is 2. The SMILES string of the molecule is CC(NC(=O)Cn1cc(-c2ccccc2)n(C2CC2)c1=O)c1cccc(C(F)(F)F)c1. The van der Waals surface area contributed by atoms with Crippen molar-refractivity contribution in [2.75, 3.05) is 0 Å². The van der Waals surface area contributed by atoms with Gasteiger partial charge in [-0.1, -0.05) is 42.5 Å². The number of carbonyl (C=O) groups excluding carboxylic acids is 1. The van der Waals surface area contributed by atoms with Crippen LogP contribution >= 0.6 is 0 Å². The van der Waals surface area contributed by atoms with Crippen LogP contribution in [0.4, 0.5) is 13.2 Å². The van der Waals surface area contributed by atoms with E-state index in [1.807, 2.05) is 30.3 Å². The van der Waals surface area contributed by atoms with Crippen LogP contribution in [0.1, 0.15) is 43.0 Å². The maximum absolute atomic E-state index is 12.9. The van der Waals surface area contributed by atoms with E-state index in [0.717, 1.165) is 36.2 Å². The minimum Gasteiger partial charge on any atom is -0.348 e. The van der Waals surface area contributed by atoms with Crippen molar-refractivity contribution in [3.63, 3.8) is 0 Å². The van der Waals surface area contributed by atoms with Crippen LogP contribution in [0.5, 0.6) is 0 Å². The minimum absolute atomic E-state index is 0.135. The molecule has 0 saturated heterocycles. The first-order valence-corrected chi connectivity index (χ1v) is 10.1. The third-order valence-corrected chi connectivity index (χ3v) is 5.38. The van der Waals surface area contributed by atoms with Crippen molar-refractivity contribution in [3.8, 4) is 11.3 Å². The Hall–Kier alpha value is -3.29. The Bertz CT molecular complexity index is 1140. The summed E-state index contributed by atoms with van der Waals surface area (Å²) in [4.78, 5) is 25.5. The van der Waals surface area contributed by atoms with E-state index >= 15 is 0 Å². The van der Waals surface area contributed by atoms with Gasteiger partial charge >= 0.3 is 11.9 Å². The fourth-order valence-corrected chi connectivity index (χ4v) is 3.64. The van der Waals surface area contributed by atoms with Gasteiger partial charge in [0.15, 0.2) is 0 Å². The number of hydrogen-bond acceptors (Lipinski definition) is 2. The molecule has 1 saturated carbocycles. The Morgan fingerprint density at radius 3 is 2.48 bits per heavy atom. The van der Waals surface area contributed by atoms with Crippen LogP contribution in [-0.4, -0.2) is 15.0 Å². The third-order valence-electron chi connectivity index (χ3n) is 5.38. The fraction of sp³-hybridized carbons (Fsp3) is 0.304. The van der Waals surface area contributed by atoms with Crippen LogP contribution in [0.2, 0.25) is 0 Å². The van der Waals surface area contributed by atoms with Gasteiger partial charge in [0.1, 0.15) is 6.54 Å². The molecule has 1 aliphatic rings. The predicted molar refractivity (Wildman–Crippen MR) is 110 cm³/mol. The van der Waals surface area contributed by atoms with E-state index in [9.17, 15) is 22.8 Å². The van der Waals surface area contributed by atoms with E-state index in [1.165, 1.54) is 16.7 Å². The summed E-state index contributed by atoms with van der Waals surface area (Å²) in [6.45, 7) is 1.41. The number of rotatable bonds is 6. The second-order valence-electron chi connectivity index (χ2n) is 7.80. The van der Waals surface area contributed by atoms with Gasteiger partial charge in [-0.15, -0.1) is 0 Å². The van der Waals surface area contributed by atoms with Crippen molar-refractivity contribution < 1.29 is 18.0 Å². The number of imidazole rings is 1. The van der Waals surface area contributed by atoms with Crippen molar-refractivity contribution in [2.45, 2.75) is 44.6 Å². The number of nitrogens with one attached hydrogen (secondary N) is 1. The number of carbonyl (C=O) groups is 1. The lowest BCUT2D eigenvalue weighted by Gasteiger charge is -2.16. The van der Waals surface area contributed by atoms with Gasteiger partial charge < -0.3 is 5.32 Å². The summed E-state index contributed by atoms with van der Waals surface area (Å²) in [5.74, 6) is -0.445. The van der Waals surface area contributed by atoms with E-state index in [0.29, 0.717) is 5.56 Å². The van der Waals surface area contributed by atoms with Crippen LogP contribution in [0.3, 0.4) is 0 Å². The summed E-state index contributed by atoms with van der Waals surface area (Å²) in [5, 5.41) is 2.69. The van der Waals surface area contributed by atoms with E-state index < -0.39 is 23.7 Å². The Kier molecular flexibility index (Phi) is 5.47. The molecule has 2 aromatic carbocycles. The lowest BCUT2D eigenvalue weighted by molar-refractivity contribution is -0.137. The van der Waals surface area contributed by atoms with E-state index in [-0.39, 0.29) is 18.3 Å². The van der Waals surface area contributed by atoms with Crippen LogP contribution in [0.15, 0.2) is 65.6 Å². The van der Waals surface area contributed by atoms with Crippen LogP contribution < -0.4 is 11.0 Å². The summed E-state index contributed by atoms with van der Waals surface area (Å²) in [6, 6.07) is 13.8. The highest BCUT2D eigenvalue weighted by molar-refractivity contribution is 5.76. The van der Waals surface area contributed by atoms with Gasteiger partial charge in [0.2, 0.25) is 5.91 Å². The molecule has 3 aromatic rings. The molecule has 0 bridgehead atoms. The molecule has 1 amide bonds. The maximum Gasteiger partial charge on any atom is 0.416 e. The molecule has 8 heteroatoms. The summed E-state index contributed by atoms with van der Waals surface area (Å²) in [6.07, 6.45) is -0.942. The normalized spacial score (nSPS) is 15.0. The molecule has 1 atom stereocenters. The van der Waals surface area contributed by atoms with Crippen LogP contribution in [-0.2, 0) is 17.5 Å². The van der Waals surface area contributed by atoms with Gasteiger partial charge in [0.05, 0.1) is 17.3 Å². The van der Waals surface area contributed by atoms with Crippen molar-refractivity contribution >= 4 is 5.91 Å². The Balaban J connectivity index is 1.52. The van der Waals surface area contributed by atoms with Gasteiger partial charge in [-0.3, -0.25) is 13.9 Å². The molecular formula is C23H22F3N3O2. The fourth-order valence-electron chi connectivity index (χ4n) is 3.64. The highest BCUT2D eigenvalue weighted by Gasteiger charge is 2.31. The standard InChI is InChI=1S/C23H22F3N3O2/c1-15(17-8-5-9-18(12-17)23(24,25)26)27-21(30)14-28-13-20(16-6-3-2-4-7-16)29(22(28)31)19-10-11-19/h2-9,12-13,15,19H,10-11,14H2,1H3,(H,27,30). The molecule has 1 heterocycles. The highest BCUT2D eigenvalue weighted by Crippen LogP contribution is 2.37. The van der Waals surface area contributed by atoms with Crippen LogP contribution in [0.25, 0.3) is 11.3 Å². The number of amides is 1. The molecule has 4 rings (SSSR count). The number of halogens is 3. The Labute approximate surface area is 177 Å². The Morgan fingerprint density at radius 1 is 1.13 bits per heavy atom. The van der Waals surface area contributed by atoms with Gasteiger partial charge in [-0.25, -0.2) is 4.79 Å². The molecule has 31 heavy (non-hydrogen) atoms. The molecular weight excluding hydrogens is 407 g/mol. The molecule has 1 aromatic heterocycles. The van der Waals surface area contributed by atoms with Crippen molar-refractivity contribution in [1.29, 1.82) is 0 Å². The zero-order valence-electron chi connectivity index (χ0n) is 16.9. The smallest absolute Gasteiger partial charge is 0.348 e. The second-order valence-corrected chi connectivity index (χ2v) is 7.80. The first-order chi connectivity index (χ1) is 14.7. The number of alkyl halides is 3. The van der Waals surface area contributed by atoms with Gasteiger partial charge in [0.25, 0.3) is 0 Å². The van der Waals surface area contributed by atoms with E-state index in [4.69, 9.17) is 0 Å². The van der Waals surface area contributed by atoms with Crippen molar-refractivity contribution in [2.24, 2.45) is 0 Å². The molecule has 0 radical (unpaired) electrons. The summed E-state index contributed by atoms with van der Waals surface area (Å²) in [7, 11) is 0. The number of hydrogen-bond donors (Lipinski definition) is 1. The summed E-state index contributed by atoms with van der Waals surface area (Å²) < 4.78 is 41.9. The first kappa shape index (κ1) is 21.0. The summed E-state index contributed by atoms with van der Waals surface area (Å²) >= 11 is 0. The van der Waals surface area contributed by atoms with Crippen LogP contribution in [0, 0.1) is 0 Å². The van der Waals surface area contributed by atoms with Gasteiger partial charge in [-0.2, -0.15) is 13.2 Å². The quantitative estimate of drug-likeness (QED) is 0.625.